The number of hydrogen-bond donors (Lipinski definition) is 3. The summed E-state index contributed by atoms with van der Waals surface area (Å²) in [6.45, 7) is 0.390. The van der Waals surface area contributed by atoms with Gasteiger partial charge in [-0.15, -0.1) is 0 Å². The van der Waals surface area contributed by atoms with E-state index in [9.17, 15) is 9.18 Å². The highest BCUT2D eigenvalue weighted by Crippen LogP contribution is 2.23. The molecule has 4 rings (SSSR count). The van der Waals surface area contributed by atoms with Crippen LogP contribution in [0.4, 0.5) is 10.1 Å². The number of carbonyl (C=O) groups is 1. The van der Waals surface area contributed by atoms with Gasteiger partial charge in [0.15, 0.2) is 0 Å². The van der Waals surface area contributed by atoms with Crippen molar-refractivity contribution in [1.82, 2.24) is 10.3 Å². The number of hydrogen-bond acceptors (Lipinski definition) is 4. The van der Waals surface area contributed by atoms with E-state index in [4.69, 9.17) is 21.1 Å². The fraction of sp³-hybridized carbons (Fsp3) is 0.154. The first-order valence-electron chi connectivity index (χ1n) is 10.8. The van der Waals surface area contributed by atoms with Crippen molar-refractivity contribution in [2.45, 2.75) is 6.42 Å². The molecule has 0 aliphatic heterocycles. The van der Waals surface area contributed by atoms with Crippen LogP contribution in [0.25, 0.3) is 10.9 Å². The van der Waals surface area contributed by atoms with Gasteiger partial charge in [0, 0.05) is 41.0 Å². The van der Waals surface area contributed by atoms with Gasteiger partial charge in [0.2, 0.25) is 5.96 Å². The predicted molar refractivity (Wildman–Crippen MR) is 136 cm³/mol. The van der Waals surface area contributed by atoms with Crippen molar-refractivity contribution >= 4 is 40.1 Å². The number of benzene rings is 3. The van der Waals surface area contributed by atoms with Crippen LogP contribution in [0.2, 0.25) is 5.02 Å². The molecule has 1 heterocycles. The molecule has 0 aliphatic carbocycles. The molecule has 0 radical (unpaired) electrons. The molecule has 9 heteroatoms. The standard InChI is InChI=1S/C26H24ClFN4O3/c1-34-19-11-17(12-20(14-19)35-2)25(33)32-26(31-18-7-8-23(28)22(27)13-18)29-10-9-16-15-30-24-6-4-3-5-21(16)24/h3-8,11-15,30H,9-10H2,1-2H3,(H2,29,31,32,33). The molecule has 0 unspecified atom stereocenters. The van der Waals surface area contributed by atoms with Gasteiger partial charge in [0.25, 0.3) is 5.91 Å². The molecule has 3 aromatic carbocycles. The number of H-pyrrole nitrogens is 1. The molecule has 0 atom stereocenters. The van der Waals surface area contributed by atoms with Gasteiger partial charge in [-0.2, -0.15) is 0 Å². The molecular weight excluding hydrogens is 471 g/mol. The summed E-state index contributed by atoms with van der Waals surface area (Å²) in [5.74, 6) is 0.187. The Bertz CT molecular complexity index is 1360. The Morgan fingerprint density at radius 2 is 1.80 bits per heavy atom. The first kappa shape index (κ1) is 24.1. The third-order valence-corrected chi connectivity index (χ3v) is 5.64. The molecular formula is C26H24ClFN4O3. The van der Waals surface area contributed by atoms with Gasteiger partial charge in [0.05, 0.1) is 19.2 Å². The Kier molecular flexibility index (Phi) is 7.52. The lowest BCUT2D eigenvalue weighted by Gasteiger charge is -2.13. The molecule has 1 amide bonds. The predicted octanol–water partition coefficient (Wildman–Crippen LogP) is 5.42. The topological polar surface area (TPSA) is 87.7 Å². The molecule has 35 heavy (non-hydrogen) atoms. The molecule has 4 aromatic rings. The molecule has 0 saturated heterocycles. The fourth-order valence-electron chi connectivity index (χ4n) is 3.57. The van der Waals surface area contributed by atoms with Crippen molar-refractivity contribution in [2.24, 2.45) is 4.99 Å². The van der Waals surface area contributed by atoms with E-state index in [1.807, 2.05) is 30.5 Å². The Hall–Kier alpha value is -4.04. The smallest absolute Gasteiger partial charge is 0.258 e. The monoisotopic (exact) mass is 494 g/mol. The molecule has 0 aliphatic rings. The van der Waals surface area contributed by atoms with E-state index >= 15 is 0 Å². The highest BCUT2D eigenvalue weighted by Gasteiger charge is 2.13. The van der Waals surface area contributed by atoms with Gasteiger partial charge in [-0.1, -0.05) is 29.8 Å². The molecule has 0 saturated carbocycles. The minimum Gasteiger partial charge on any atom is -0.497 e. The largest absolute Gasteiger partial charge is 0.497 e. The molecule has 180 valence electrons. The minimum atomic E-state index is -0.539. The fourth-order valence-corrected chi connectivity index (χ4v) is 3.75. The molecule has 0 fully saturated rings. The van der Waals surface area contributed by atoms with Crippen molar-refractivity contribution < 1.29 is 18.7 Å². The summed E-state index contributed by atoms with van der Waals surface area (Å²) in [7, 11) is 3.02. The first-order chi connectivity index (χ1) is 17.0. The van der Waals surface area contributed by atoms with E-state index in [1.54, 1.807) is 18.2 Å². The number of methoxy groups -OCH3 is 2. The van der Waals surface area contributed by atoms with Crippen molar-refractivity contribution in [2.75, 3.05) is 26.1 Å². The number of nitrogens with one attached hydrogen (secondary N) is 3. The quantitative estimate of drug-likeness (QED) is 0.236. The van der Waals surface area contributed by atoms with Crippen LogP contribution in [0.15, 0.2) is 71.9 Å². The second kappa shape index (κ2) is 10.9. The Morgan fingerprint density at radius 1 is 1.06 bits per heavy atom. The lowest BCUT2D eigenvalue weighted by Crippen LogP contribution is -2.36. The van der Waals surface area contributed by atoms with Crippen molar-refractivity contribution in [1.29, 1.82) is 0 Å². The average Bonchev–Trinajstić information content (AvgIpc) is 3.28. The average molecular weight is 495 g/mol. The zero-order valence-electron chi connectivity index (χ0n) is 19.2. The summed E-state index contributed by atoms with van der Waals surface area (Å²) in [5, 5.41) is 6.87. The van der Waals surface area contributed by atoms with Gasteiger partial charge < -0.3 is 19.8 Å². The Morgan fingerprint density at radius 3 is 2.51 bits per heavy atom. The Labute approximate surface area is 206 Å². The van der Waals surface area contributed by atoms with Crippen LogP contribution < -0.4 is 20.1 Å². The van der Waals surface area contributed by atoms with Crippen molar-refractivity contribution in [3.8, 4) is 11.5 Å². The third-order valence-electron chi connectivity index (χ3n) is 5.35. The van der Waals surface area contributed by atoms with E-state index in [0.717, 1.165) is 16.5 Å². The van der Waals surface area contributed by atoms with Crippen molar-refractivity contribution in [3.05, 3.63) is 88.8 Å². The second-order valence-electron chi connectivity index (χ2n) is 7.65. The number of rotatable bonds is 7. The lowest BCUT2D eigenvalue weighted by molar-refractivity contribution is 0.0976. The number of aromatic amines is 1. The number of guanidine groups is 1. The third kappa shape index (κ3) is 5.91. The number of nitrogens with zero attached hydrogens (tertiary/aromatic N) is 1. The maximum absolute atomic E-state index is 13.6. The van der Waals surface area contributed by atoms with Crippen molar-refractivity contribution in [3.63, 3.8) is 0 Å². The van der Waals surface area contributed by atoms with E-state index in [2.05, 4.69) is 20.6 Å². The minimum absolute atomic E-state index is 0.0444. The number of anilines is 1. The van der Waals surface area contributed by atoms with E-state index < -0.39 is 11.7 Å². The summed E-state index contributed by atoms with van der Waals surface area (Å²) in [4.78, 5) is 20.8. The van der Waals surface area contributed by atoms with Crippen LogP contribution in [0.3, 0.4) is 0 Å². The molecule has 3 N–H and O–H groups in total. The number of carbonyl (C=O) groups excluding carboxylic acids is 1. The molecule has 7 nitrogen and oxygen atoms in total. The maximum atomic E-state index is 13.6. The number of amides is 1. The summed E-state index contributed by atoms with van der Waals surface area (Å²) < 4.78 is 24.1. The zero-order valence-corrected chi connectivity index (χ0v) is 19.9. The highest BCUT2D eigenvalue weighted by molar-refractivity contribution is 6.31. The van der Waals surface area contributed by atoms with E-state index in [-0.39, 0.29) is 11.0 Å². The number of aromatic nitrogens is 1. The van der Waals surface area contributed by atoms with Crippen LogP contribution >= 0.6 is 11.6 Å². The summed E-state index contributed by atoms with van der Waals surface area (Å²) in [6, 6.07) is 17.0. The maximum Gasteiger partial charge on any atom is 0.258 e. The Balaban J connectivity index is 1.56. The molecule has 1 aromatic heterocycles. The number of aliphatic imine (C=N–C) groups is 1. The van der Waals surface area contributed by atoms with Gasteiger partial charge in [-0.25, -0.2) is 4.39 Å². The summed E-state index contributed by atoms with van der Waals surface area (Å²) >= 11 is 5.92. The zero-order chi connectivity index (χ0) is 24.8. The van der Waals surface area contributed by atoms with E-state index in [1.165, 1.54) is 32.4 Å². The van der Waals surface area contributed by atoms with Crippen LogP contribution in [-0.2, 0) is 6.42 Å². The molecule has 0 spiro atoms. The number of halogens is 2. The lowest BCUT2D eigenvalue weighted by atomic mass is 10.1. The summed E-state index contributed by atoms with van der Waals surface area (Å²) in [6.07, 6.45) is 2.59. The normalized spacial score (nSPS) is 11.4. The molecule has 0 bridgehead atoms. The van der Waals surface area contributed by atoms with Crippen LogP contribution in [-0.4, -0.2) is 37.6 Å². The highest BCUT2D eigenvalue weighted by atomic mass is 35.5. The second-order valence-corrected chi connectivity index (χ2v) is 8.06. The number of ether oxygens (including phenoxy) is 2. The van der Waals surface area contributed by atoms with Gasteiger partial charge in [-0.05, 0) is 48.4 Å². The van der Waals surface area contributed by atoms with Crippen LogP contribution in [0, 0.1) is 5.82 Å². The first-order valence-corrected chi connectivity index (χ1v) is 11.2. The van der Waals surface area contributed by atoms with Gasteiger partial charge >= 0.3 is 0 Å². The SMILES string of the molecule is COc1cc(OC)cc(C(=O)NC(=NCCc2c[nH]c3ccccc23)Nc2ccc(F)c(Cl)c2)c1. The van der Waals surface area contributed by atoms with Gasteiger partial charge in [-0.3, -0.25) is 15.1 Å². The number of fused-ring (bicyclic) bond motifs is 1. The number of para-hydroxylation sites is 1. The van der Waals surface area contributed by atoms with Gasteiger partial charge in [0.1, 0.15) is 17.3 Å². The van der Waals surface area contributed by atoms with Crippen LogP contribution in [0.5, 0.6) is 11.5 Å². The summed E-state index contributed by atoms with van der Waals surface area (Å²) in [5.41, 5.74) is 2.96. The van der Waals surface area contributed by atoms with E-state index in [0.29, 0.717) is 35.7 Å². The van der Waals surface area contributed by atoms with Crippen LogP contribution in [0.1, 0.15) is 15.9 Å².